The first-order chi connectivity index (χ1) is 8.70. The molecule has 2 rings (SSSR count). The van der Waals surface area contributed by atoms with Gasteiger partial charge in [0, 0.05) is 31.9 Å². The molecular weight excluding hydrogens is 226 g/mol. The molecule has 98 valence electrons. The van der Waals surface area contributed by atoms with Crippen molar-refractivity contribution in [1.82, 2.24) is 9.80 Å². The Bertz CT molecular complexity index is 411. The molecule has 18 heavy (non-hydrogen) atoms. The van der Waals surface area contributed by atoms with E-state index in [2.05, 4.69) is 17.1 Å². The van der Waals surface area contributed by atoms with Crippen LogP contribution >= 0.6 is 0 Å². The third kappa shape index (κ3) is 3.01. The number of hydrogen-bond donors (Lipinski definition) is 1. The van der Waals surface area contributed by atoms with Gasteiger partial charge in [0.2, 0.25) is 0 Å². The molecule has 0 aromatic heterocycles. The fraction of sp³-hybridized carbons (Fsp3) is 0.500. The maximum atomic E-state index is 12.1. The van der Waals surface area contributed by atoms with E-state index in [1.165, 1.54) is 0 Å². The van der Waals surface area contributed by atoms with Gasteiger partial charge in [-0.2, -0.15) is 0 Å². The highest BCUT2D eigenvalue weighted by Gasteiger charge is 2.20. The minimum Gasteiger partial charge on any atom is -0.322 e. The van der Waals surface area contributed by atoms with Crippen molar-refractivity contribution in [2.45, 2.75) is 13.8 Å². The van der Waals surface area contributed by atoms with E-state index in [0.29, 0.717) is 0 Å². The number of carbonyl (C=O) groups excluding carboxylic acids is 1. The molecule has 1 N–H and O–H groups in total. The molecule has 1 fully saturated rings. The van der Waals surface area contributed by atoms with Crippen LogP contribution in [0.15, 0.2) is 24.3 Å². The number of piperazine rings is 1. The van der Waals surface area contributed by atoms with E-state index >= 15 is 0 Å². The van der Waals surface area contributed by atoms with Gasteiger partial charge < -0.3 is 15.1 Å². The van der Waals surface area contributed by atoms with Crippen LogP contribution in [0.5, 0.6) is 0 Å². The number of nitrogens with zero attached hydrogens (tertiary/aromatic N) is 2. The van der Waals surface area contributed by atoms with Crippen molar-refractivity contribution in [1.29, 1.82) is 0 Å². The third-order valence-corrected chi connectivity index (χ3v) is 3.49. The van der Waals surface area contributed by atoms with E-state index in [0.717, 1.165) is 44.0 Å². The van der Waals surface area contributed by atoms with Crippen LogP contribution in [0.1, 0.15) is 12.5 Å². The third-order valence-electron chi connectivity index (χ3n) is 3.49. The van der Waals surface area contributed by atoms with Crippen LogP contribution in [0.3, 0.4) is 0 Å². The summed E-state index contributed by atoms with van der Waals surface area (Å²) in [5, 5.41) is 2.98. The highest BCUT2D eigenvalue weighted by Crippen LogP contribution is 2.14. The Labute approximate surface area is 109 Å². The highest BCUT2D eigenvalue weighted by molar-refractivity contribution is 5.90. The number of nitrogens with one attached hydrogen (secondary N) is 1. The smallest absolute Gasteiger partial charge is 0.321 e. The van der Waals surface area contributed by atoms with Crippen LogP contribution in [0.25, 0.3) is 0 Å². The minimum atomic E-state index is 0.0139. The lowest BCUT2D eigenvalue weighted by Gasteiger charge is -2.34. The average Bonchev–Trinajstić information content (AvgIpc) is 2.41. The number of urea groups is 1. The molecule has 4 nitrogen and oxygen atoms in total. The first kappa shape index (κ1) is 12.9. The molecule has 4 heteroatoms. The Morgan fingerprint density at radius 2 is 1.89 bits per heavy atom. The fourth-order valence-corrected chi connectivity index (χ4v) is 2.17. The van der Waals surface area contributed by atoms with Crippen LogP contribution < -0.4 is 5.32 Å². The zero-order chi connectivity index (χ0) is 13.0. The number of likely N-dealkylation sites (N-methyl/N-ethyl adjacent to an activating group) is 1. The van der Waals surface area contributed by atoms with E-state index in [4.69, 9.17) is 0 Å². The number of benzene rings is 1. The number of rotatable bonds is 2. The summed E-state index contributed by atoms with van der Waals surface area (Å²) in [6.07, 6.45) is 0. The van der Waals surface area contributed by atoms with Gasteiger partial charge in [0.25, 0.3) is 0 Å². The number of amides is 2. The van der Waals surface area contributed by atoms with Crippen molar-refractivity contribution in [2.75, 3.05) is 38.0 Å². The summed E-state index contributed by atoms with van der Waals surface area (Å²) < 4.78 is 0. The van der Waals surface area contributed by atoms with Gasteiger partial charge in [0.05, 0.1) is 0 Å². The van der Waals surface area contributed by atoms with Crippen molar-refractivity contribution in [2.24, 2.45) is 0 Å². The Hall–Kier alpha value is -1.55. The molecule has 0 bridgehead atoms. The maximum Gasteiger partial charge on any atom is 0.321 e. The summed E-state index contributed by atoms with van der Waals surface area (Å²) in [5.74, 6) is 0. The summed E-state index contributed by atoms with van der Waals surface area (Å²) in [6.45, 7) is 8.79. The first-order valence-corrected chi connectivity index (χ1v) is 6.54. The molecule has 1 aliphatic rings. The van der Waals surface area contributed by atoms with Gasteiger partial charge in [0.1, 0.15) is 0 Å². The van der Waals surface area contributed by atoms with E-state index in [-0.39, 0.29) is 6.03 Å². The lowest BCUT2D eigenvalue weighted by Crippen LogP contribution is -2.49. The predicted molar refractivity (Wildman–Crippen MR) is 73.9 cm³/mol. The second-order valence-corrected chi connectivity index (χ2v) is 4.67. The fourth-order valence-electron chi connectivity index (χ4n) is 2.17. The topological polar surface area (TPSA) is 35.6 Å². The van der Waals surface area contributed by atoms with Crippen LogP contribution in [0.4, 0.5) is 10.5 Å². The molecule has 1 saturated heterocycles. The highest BCUT2D eigenvalue weighted by atomic mass is 16.2. The second-order valence-electron chi connectivity index (χ2n) is 4.67. The average molecular weight is 247 g/mol. The van der Waals surface area contributed by atoms with Crippen molar-refractivity contribution in [3.05, 3.63) is 29.8 Å². The first-order valence-electron chi connectivity index (χ1n) is 6.54. The largest absolute Gasteiger partial charge is 0.322 e. The van der Waals surface area contributed by atoms with Crippen LogP contribution in [0.2, 0.25) is 0 Å². The van der Waals surface area contributed by atoms with Crippen LogP contribution in [-0.2, 0) is 0 Å². The van der Waals surface area contributed by atoms with Gasteiger partial charge >= 0.3 is 6.03 Å². The lowest BCUT2D eigenvalue weighted by atomic mass is 10.2. The molecule has 0 spiro atoms. The minimum absolute atomic E-state index is 0.0139. The summed E-state index contributed by atoms with van der Waals surface area (Å²) in [5.41, 5.74) is 2.00. The normalized spacial score (nSPS) is 16.7. The van der Waals surface area contributed by atoms with Gasteiger partial charge in [-0.1, -0.05) is 25.1 Å². The molecule has 1 aliphatic heterocycles. The molecule has 1 heterocycles. The van der Waals surface area contributed by atoms with Gasteiger partial charge in [-0.05, 0) is 25.1 Å². The van der Waals surface area contributed by atoms with Crippen molar-refractivity contribution < 1.29 is 4.79 Å². The van der Waals surface area contributed by atoms with Gasteiger partial charge in [-0.15, -0.1) is 0 Å². The Morgan fingerprint density at radius 1 is 1.22 bits per heavy atom. The van der Waals surface area contributed by atoms with Crippen molar-refractivity contribution in [3.63, 3.8) is 0 Å². The Balaban J connectivity index is 1.91. The number of aryl methyl sites for hydroxylation is 1. The number of para-hydroxylation sites is 1. The SMILES string of the molecule is CCN1CCN(C(=O)Nc2ccccc2C)CC1. The summed E-state index contributed by atoms with van der Waals surface area (Å²) >= 11 is 0. The van der Waals surface area contributed by atoms with Gasteiger partial charge in [-0.25, -0.2) is 4.79 Å². The molecule has 0 aliphatic carbocycles. The predicted octanol–water partition coefficient (Wildman–Crippen LogP) is 2.16. The quantitative estimate of drug-likeness (QED) is 0.869. The van der Waals surface area contributed by atoms with Gasteiger partial charge in [-0.3, -0.25) is 0 Å². The molecule has 0 radical (unpaired) electrons. The van der Waals surface area contributed by atoms with Crippen LogP contribution in [-0.4, -0.2) is 48.6 Å². The van der Waals surface area contributed by atoms with E-state index in [9.17, 15) is 4.79 Å². The lowest BCUT2D eigenvalue weighted by molar-refractivity contribution is 0.151. The zero-order valence-corrected chi connectivity index (χ0v) is 11.1. The molecular formula is C14H21N3O. The molecule has 2 amide bonds. The number of carbonyl (C=O) groups is 1. The second kappa shape index (κ2) is 5.87. The molecule has 0 unspecified atom stereocenters. The molecule has 0 saturated carbocycles. The Kier molecular flexibility index (Phi) is 4.20. The number of hydrogen-bond acceptors (Lipinski definition) is 2. The zero-order valence-electron chi connectivity index (χ0n) is 11.1. The number of anilines is 1. The molecule has 1 aromatic rings. The van der Waals surface area contributed by atoms with E-state index in [1.807, 2.05) is 36.1 Å². The van der Waals surface area contributed by atoms with Crippen LogP contribution in [0, 0.1) is 6.92 Å². The molecule has 0 atom stereocenters. The monoisotopic (exact) mass is 247 g/mol. The standard InChI is InChI=1S/C14H21N3O/c1-3-16-8-10-17(11-9-16)14(18)15-13-7-5-4-6-12(13)2/h4-7H,3,8-11H2,1-2H3,(H,15,18). The van der Waals surface area contributed by atoms with Gasteiger partial charge in [0.15, 0.2) is 0 Å². The Morgan fingerprint density at radius 3 is 2.50 bits per heavy atom. The van der Waals surface area contributed by atoms with E-state index in [1.54, 1.807) is 0 Å². The molecule has 1 aromatic carbocycles. The van der Waals surface area contributed by atoms with Crippen molar-refractivity contribution >= 4 is 11.7 Å². The summed E-state index contributed by atoms with van der Waals surface area (Å²) in [7, 11) is 0. The maximum absolute atomic E-state index is 12.1. The van der Waals surface area contributed by atoms with Crippen molar-refractivity contribution in [3.8, 4) is 0 Å². The summed E-state index contributed by atoms with van der Waals surface area (Å²) in [6, 6.07) is 7.88. The van der Waals surface area contributed by atoms with E-state index < -0.39 is 0 Å². The summed E-state index contributed by atoms with van der Waals surface area (Å²) in [4.78, 5) is 16.4.